The number of aromatic hydroxyl groups is 1. The monoisotopic (exact) mass is 452 g/mol. The van der Waals surface area contributed by atoms with Crippen molar-refractivity contribution < 1.29 is 9.90 Å². The lowest BCUT2D eigenvalue weighted by atomic mass is 9.97. The zero-order valence-corrected chi connectivity index (χ0v) is 18.2. The summed E-state index contributed by atoms with van der Waals surface area (Å²) in [5.74, 6) is 0.962. The average molecular weight is 453 g/mol. The van der Waals surface area contributed by atoms with Gasteiger partial charge in [-0.15, -0.1) is 16.4 Å². The first-order chi connectivity index (χ1) is 15.2. The van der Waals surface area contributed by atoms with Gasteiger partial charge in [0.15, 0.2) is 0 Å². The van der Waals surface area contributed by atoms with Gasteiger partial charge in [0.25, 0.3) is 0 Å². The fourth-order valence-corrected chi connectivity index (χ4v) is 5.61. The van der Waals surface area contributed by atoms with Crippen LogP contribution >= 0.6 is 23.1 Å². The Kier molecular flexibility index (Phi) is 5.56. The van der Waals surface area contributed by atoms with Crippen molar-refractivity contribution in [2.24, 2.45) is 0 Å². The number of piperidine rings is 1. The van der Waals surface area contributed by atoms with Gasteiger partial charge in [0.05, 0.1) is 26.7 Å². The van der Waals surface area contributed by atoms with E-state index in [9.17, 15) is 9.90 Å². The second kappa shape index (κ2) is 8.64. The fourth-order valence-electron chi connectivity index (χ4n) is 3.68. The number of tetrazole rings is 1. The van der Waals surface area contributed by atoms with Crippen molar-refractivity contribution in [3.8, 4) is 11.4 Å². The number of amides is 1. The van der Waals surface area contributed by atoms with Crippen LogP contribution in [0.2, 0.25) is 0 Å². The number of thioether (sulfide) groups is 1. The second-order valence-electron chi connectivity index (χ2n) is 7.35. The molecule has 0 radical (unpaired) electrons. The molecule has 4 aromatic rings. The molecule has 0 aliphatic carbocycles. The van der Waals surface area contributed by atoms with E-state index in [-0.39, 0.29) is 17.4 Å². The number of aromatic nitrogens is 5. The summed E-state index contributed by atoms with van der Waals surface area (Å²) in [7, 11) is 0. The molecule has 1 aliphatic rings. The van der Waals surface area contributed by atoms with E-state index in [2.05, 4.69) is 27.7 Å². The standard InChI is InChI=1S/C21H20N6O2S2/c28-16-7-5-15(6-8-16)27-21(23-24-25-27)30-13-19(29)26-11-9-14(10-12-26)20-22-17-3-1-2-4-18(17)31-20/h1-8,14,28H,9-13H2. The number of benzene rings is 2. The van der Waals surface area contributed by atoms with E-state index in [1.807, 2.05) is 17.0 Å². The van der Waals surface area contributed by atoms with Crippen LogP contribution < -0.4 is 0 Å². The Morgan fingerprint density at radius 3 is 2.68 bits per heavy atom. The third-order valence-corrected chi connectivity index (χ3v) is 7.47. The summed E-state index contributed by atoms with van der Waals surface area (Å²) in [6.45, 7) is 1.48. The summed E-state index contributed by atoms with van der Waals surface area (Å²) in [6, 6.07) is 14.8. The number of phenolic OH excluding ortho intramolecular Hbond substituents is 1. The topological polar surface area (TPSA) is 97.0 Å². The van der Waals surface area contributed by atoms with Crippen LogP contribution in [0.15, 0.2) is 53.7 Å². The van der Waals surface area contributed by atoms with Crippen molar-refractivity contribution in [2.75, 3.05) is 18.8 Å². The highest BCUT2D eigenvalue weighted by atomic mass is 32.2. The molecule has 158 valence electrons. The predicted octanol–water partition coefficient (Wildman–Crippen LogP) is 3.48. The molecule has 1 aliphatic heterocycles. The Hall–Kier alpha value is -2.98. The molecular weight excluding hydrogens is 432 g/mol. The molecule has 3 heterocycles. The zero-order valence-electron chi connectivity index (χ0n) is 16.6. The SMILES string of the molecule is O=C(CSc1nnnn1-c1ccc(O)cc1)N1CCC(c2nc3ccccc3s2)CC1. The highest BCUT2D eigenvalue weighted by molar-refractivity contribution is 7.99. The highest BCUT2D eigenvalue weighted by Crippen LogP contribution is 2.34. The Morgan fingerprint density at radius 2 is 1.90 bits per heavy atom. The largest absolute Gasteiger partial charge is 0.508 e. The molecule has 1 amide bonds. The van der Waals surface area contributed by atoms with Gasteiger partial charge in [0, 0.05) is 19.0 Å². The van der Waals surface area contributed by atoms with E-state index in [1.54, 1.807) is 40.3 Å². The highest BCUT2D eigenvalue weighted by Gasteiger charge is 2.26. The average Bonchev–Trinajstić information content (AvgIpc) is 3.45. The third-order valence-electron chi connectivity index (χ3n) is 5.37. The van der Waals surface area contributed by atoms with Gasteiger partial charge < -0.3 is 10.0 Å². The number of nitrogens with zero attached hydrogens (tertiary/aromatic N) is 6. The summed E-state index contributed by atoms with van der Waals surface area (Å²) >= 11 is 3.08. The normalized spacial score (nSPS) is 14.9. The number of likely N-dealkylation sites (tertiary alicyclic amines) is 1. The zero-order chi connectivity index (χ0) is 21.2. The summed E-state index contributed by atoms with van der Waals surface area (Å²) in [4.78, 5) is 19.5. The van der Waals surface area contributed by atoms with E-state index < -0.39 is 0 Å². The number of carbonyl (C=O) groups excluding carboxylic acids is 1. The number of fused-ring (bicyclic) bond motifs is 1. The molecule has 1 fully saturated rings. The first kappa shape index (κ1) is 20.0. The van der Waals surface area contributed by atoms with Gasteiger partial charge in [-0.3, -0.25) is 4.79 Å². The Labute approximate surface area is 186 Å². The van der Waals surface area contributed by atoms with Crippen LogP contribution in [-0.2, 0) is 4.79 Å². The molecule has 8 nitrogen and oxygen atoms in total. The summed E-state index contributed by atoms with van der Waals surface area (Å²) in [6.07, 6.45) is 1.86. The van der Waals surface area contributed by atoms with Gasteiger partial charge in [-0.05, 0) is 59.7 Å². The van der Waals surface area contributed by atoms with Crippen LogP contribution in [0.1, 0.15) is 23.8 Å². The van der Waals surface area contributed by atoms with Crippen molar-refractivity contribution in [3.05, 3.63) is 53.5 Å². The molecule has 2 aromatic carbocycles. The molecule has 31 heavy (non-hydrogen) atoms. The molecule has 0 bridgehead atoms. The van der Waals surface area contributed by atoms with Gasteiger partial charge in [-0.2, -0.15) is 4.68 Å². The van der Waals surface area contributed by atoms with Gasteiger partial charge >= 0.3 is 0 Å². The van der Waals surface area contributed by atoms with E-state index in [4.69, 9.17) is 4.98 Å². The minimum absolute atomic E-state index is 0.0907. The molecular formula is C21H20N6O2S2. The third kappa shape index (κ3) is 4.26. The van der Waals surface area contributed by atoms with Crippen molar-refractivity contribution in [2.45, 2.75) is 23.9 Å². The number of hydrogen-bond donors (Lipinski definition) is 1. The van der Waals surface area contributed by atoms with Crippen LogP contribution in [0, 0.1) is 0 Å². The summed E-state index contributed by atoms with van der Waals surface area (Å²) in [5, 5.41) is 22.9. The first-order valence-corrected chi connectivity index (χ1v) is 11.8. The van der Waals surface area contributed by atoms with Crippen molar-refractivity contribution in [3.63, 3.8) is 0 Å². The van der Waals surface area contributed by atoms with Crippen LogP contribution in [0.3, 0.4) is 0 Å². The van der Waals surface area contributed by atoms with E-state index >= 15 is 0 Å². The minimum atomic E-state index is 0.0907. The number of para-hydroxylation sites is 1. The summed E-state index contributed by atoms with van der Waals surface area (Å²) in [5.41, 5.74) is 1.79. The van der Waals surface area contributed by atoms with E-state index in [0.717, 1.165) is 37.1 Å². The van der Waals surface area contributed by atoms with Crippen LogP contribution in [0.25, 0.3) is 15.9 Å². The Morgan fingerprint density at radius 1 is 1.13 bits per heavy atom. The second-order valence-corrected chi connectivity index (χ2v) is 9.36. The van der Waals surface area contributed by atoms with Crippen LogP contribution in [0.5, 0.6) is 5.75 Å². The predicted molar refractivity (Wildman–Crippen MR) is 120 cm³/mol. The van der Waals surface area contributed by atoms with Gasteiger partial charge in [-0.25, -0.2) is 4.98 Å². The maximum Gasteiger partial charge on any atom is 0.233 e. The first-order valence-electron chi connectivity index (χ1n) is 10.0. The van der Waals surface area contributed by atoms with E-state index in [0.29, 0.717) is 11.1 Å². The number of hydrogen-bond acceptors (Lipinski definition) is 8. The molecule has 2 aromatic heterocycles. The van der Waals surface area contributed by atoms with Gasteiger partial charge in [0.2, 0.25) is 11.1 Å². The van der Waals surface area contributed by atoms with Crippen LogP contribution in [-0.4, -0.2) is 59.9 Å². The Balaban J connectivity index is 1.17. The molecule has 0 unspecified atom stereocenters. The lowest BCUT2D eigenvalue weighted by molar-refractivity contribution is -0.129. The maximum atomic E-state index is 12.8. The molecule has 1 N–H and O–H groups in total. The molecule has 0 atom stereocenters. The lowest BCUT2D eigenvalue weighted by Gasteiger charge is -2.31. The van der Waals surface area contributed by atoms with Gasteiger partial charge in [-0.1, -0.05) is 23.9 Å². The van der Waals surface area contributed by atoms with Crippen LogP contribution in [0.4, 0.5) is 0 Å². The van der Waals surface area contributed by atoms with E-state index in [1.165, 1.54) is 21.5 Å². The minimum Gasteiger partial charge on any atom is -0.508 e. The number of rotatable bonds is 5. The summed E-state index contributed by atoms with van der Waals surface area (Å²) < 4.78 is 2.79. The smallest absolute Gasteiger partial charge is 0.233 e. The lowest BCUT2D eigenvalue weighted by Crippen LogP contribution is -2.39. The van der Waals surface area contributed by atoms with Gasteiger partial charge in [0.1, 0.15) is 5.75 Å². The number of phenols is 1. The maximum absolute atomic E-state index is 12.8. The molecule has 5 rings (SSSR count). The quantitative estimate of drug-likeness (QED) is 0.463. The molecule has 0 spiro atoms. The fraction of sp³-hybridized carbons (Fsp3) is 0.286. The molecule has 10 heteroatoms. The molecule has 1 saturated heterocycles. The van der Waals surface area contributed by atoms with Crippen molar-refractivity contribution in [1.82, 2.24) is 30.1 Å². The number of thiazole rings is 1. The molecule has 0 saturated carbocycles. The van der Waals surface area contributed by atoms with Crippen molar-refractivity contribution in [1.29, 1.82) is 0 Å². The number of carbonyl (C=O) groups is 1. The van der Waals surface area contributed by atoms with Crippen molar-refractivity contribution >= 4 is 39.2 Å². The Bertz CT molecular complexity index is 1170.